The minimum Gasteiger partial charge on any atom is -0.480 e. The first-order valence-electron chi connectivity index (χ1n) is 7.26. The molecule has 1 atom stereocenters. The lowest BCUT2D eigenvalue weighted by Gasteiger charge is -2.33. The third kappa shape index (κ3) is 8.06. The number of rotatable bonds is 8. The molecule has 0 heterocycles. The van der Waals surface area contributed by atoms with Crippen LogP contribution in [0, 0.1) is 17.8 Å². The molecule has 23 heavy (non-hydrogen) atoms. The van der Waals surface area contributed by atoms with Crippen molar-refractivity contribution in [2.24, 2.45) is 23.5 Å². The van der Waals surface area contributed by atoms with Crippen LogP contribution in [0.1, 0.15) is 32.1 Å². The third-order valence-corrected chi connectivity index (χ3v) is 6.01. The Morgan fingerprint density at radius 3 is 1.78 bits per heavy atom. The normalized spacial score (nSPS) is 24.5. The largest absolute Gasteiger partial charge is 0.480 e. The highest BCUT2D eigenvalue weighted by molar-refractivity contribution is 7.86. The second-order valence-electron chi connectivity index (χ2n) is 6.22. The van der Waals surface area contributed by atoms with Crippen molar-refractivity contribution in [2.45, 2.75) is 38.1 Å². The quantitative estimate of drug-likeness (QED) is 0.427. The second-order valence-corrected chi connectivity index (χ2v) is 9.21. The Morgan fingerprint density at radius 2 is 1.43 bits per heavy atom. The van der Waals surface area contributed by atoms with Crippen LogP contribution < -0.4 is 5.73 Å². The van der Waals surface area contributed by atoms with Crippen molar-refractivity contribution < 1.29 is 35.8 Å². The molecule has 11 heteroatoms. The molecule has 0 aromatic rings. The molecule has 9 nitrogen and oxygen atoms in total. The van der Waals surface area contributed by atoms with Gasteiger partial charge >= 0.3 is 5.97 Å². The molecule has 0 aromatic heterocycles. The molecule has 136 valence electrons. The molecular formula is C12H23NO8S2. The van der Waals surface area contributed by atoms with Crippen molar-refractivity contribution >= 4 is 26.2 Å². The predicted molar refractivity (Wildman–Crippen MR) is 82.0 cm³/mol. The van der Waals surface area contributed by atoms with Crippen LogP contribution in [-0.2, 0) is 25.0 Å². The van der Waals surface area contributed by atoms with Gasteiger partial charge in [-0.15, -0.1) is 0 Å². The molecule has 0 aliphatic heterocycles. The van der Waals surface area contributed by atoms with E-state index in [4.69, 9.17) is 19.9 Å². The van der Waals surface area contributed by atoms with Gasteiger partial charge in [0, 0.05) is 0 Å². The fraction of sp³-hybridized carbons (Fsp3) is 0.917. The summed E-state index contributed by atoms with van der Waals surface area (Å²) in [6.45, 7) is 0. The lowest BCUT2D eigenvalue weighted by atomic mass is 9.75. The summed E-state index contributed by atoms with van der Waals surface area (Å²) in [7, 11) is -8.72. The van der Waals surface area contributed by atoms with Crippen molar-refractivity contribution in [3.05, 3.63) is 0 Å². The molecule has 1 aliphatic rings. The number of nitrogens with two attached hydrogens (primary N) is 1. The van der Waals surface area contributed by atoms with E-state index < -0.39 is 49.7 Å². The summed E-state index contributed by atoms with van der Waals surface area (Å²) in [5.74, 6) is -3.63. The minimum atomic E-state index is -4.36. The van der Waals surface area contributed by atoms with Crippen LogP contribution in [0.4, 0.5) is 0 Å². The van der Waals surface area contributed by atoms with Gasteiger partial charge in [0.25, 0.3) is 20.2 Å². The average molecular weight is 373 g/mol. The standard InChI is InChI=1S/C12H23NO8S2/c13-11(12(14)15)5-8-1-3-9(4-2-8)10(6-22(16,17)18)7-23(19,20)21/h8-11H,1-7,13H2,(H,14,15)(H,16,17,18)(H,19,20,21). The summed E-state index contributed by atoms with van der Waals surface area (Å²) < 4.78 is 62.1. The highest BCUT2D eigenvalue weighted by atomic mass is 32.2. The Labute approximate surface area is 135 Å². The minimum absolute atomic E-state index is 0.0782. The topological polar surface area (TPSA) is 172 Å². The lowest BCUT2D eigenvalue weighted by molar-refractivity contribution is -0.139. The molecule has 0 aromatic carbocycles. The Balaban J connectivity index is 2.67. The summed E-state index contributed by atoms with van der Waals surface area (Å²) >= 11 is 0. The molecule has 1 unspecified atom stereocenters. The number of carboxylic acid groups (broad SMARTS) is 1. The van der Waals surface area contributed by atoms with Gasteiger partial charge in [-0.25, -0.2) is 0 Å². The molecule has 1 rings (SSSR count). The van der Waals surface area contributed by atoms with Crippen LogP contribution in [0.15, 0.2) is 0 Å². The molecule has 1 saturated carbocycles. The van der Waals surface area contributed by atoms with Gasteiger partial charge in [-0.1, -0.05) is 12.8 Å². The maximum atomic E-state index is 11.1. The van der Waals surface area contributed by atoms with Gasteiger partial charge < -0.3 is 10.8 Å². The van der Waals surface area contributed by atoms with E-state index in [1.807, 2.05) is 0 Å². The van der Waals surface area contributed by atoms with E-state index in [-0.39, 0.29) is 11.8 Å². The fourth-order valence-corrected chi connectivity index (χ4v) is 5.23. The number of aliphatic carboxylic acids is 1. The van der Waals surface area contributed by atoms with Crippen LogP contribution in [0.3, 0.4) is 0 Å². The van der Waals surface area contributed by atoms with Gasteiger partial charge in [-0.2, -0.15) is 16.8 Å². The SMILES string of the molecule is NC(CC1CCC(C(CS(=O)(=O)O)CS(=O)(=O)O)CC1)C(=O)O. The zero-order valence-corrected chi connectivity index (χ0v) is 14.2. The Hall–Kier alpha value is -0.750. The van der Waals surface area contributed by atoms with Crippen LogP contribution in [-0.4, -0.2) is 54.6 Å². The summed E-state index contributed by atoms with van der Waals surface area (Å²) in [4.78, 5) is 10.7. The van der Waals surface area contributed by atoms with Gasteiger partial charge in [-0.3, -0.25) is 13.9 Å². The third-order valence-electron chi connectivity index (χ3n) is 4.31. The number of carboxylic acids is 1. The van der Waals surface area contributed by atoms with E-state index in [2.05, 4.69) is 0 Å². The van der Waals surface area contributed by atoms with Crippen LogP contribution >= 0.6 is 0 Å². The molecular weight excluding hydrogens is 350 g/mol. The van der Waals surface area contributed by atoms with E-state index in [9.17, 15) is 21.6 Å². The van der Waals surface area contributed by atoms with Crippen molar-refractivity contribution in [2.75, 3.05) is 11.5 Å². The number of carbonyl (C=O) groups is 1. The molecule has 0 amide bonds. The van der Waals surface area contributed by atoms with E-state index >= 15 is 0 Å². The zero-order chi connectivity index (χ0) is 17.8. The van der Waals surface area contributed by atoms with Crippen molar-refractivity contribution in [3.8, 4) is 0 Å². The number of hydrogen-bond acceptors (Lipinski definition) is 6. The van der Waals surface area contributed by atoms with Gasteiger partial charge in [0.05, 0.1) is 11.5 Å². The Morgan fingerprint density at radius 1 is 1.00 bits per heavy atom. The second kappa shape index (κ2) is 7.88. The monoisotopic (exact) mass is 373 g/mol. The molecule has 0 spiro atoms. The molecule has 1 aliphatic carbocycles. The first kappa shape index (κ1) is 20.3. The van der Waals surface area contributed by atoms with Gasteiger partial charge in [0.1, 0.15) is 6.04 Å². The Bertz CT molecular complexity index is 573. The van der Waals surface area contributed by atoms with Crippen molar-refractivity contribution in [3.63, 3.8) is 0 Å². The molecule has 5 N–H and O–H groups in total. The van der Waals surface area contributed by atoms with Crippen molar-refractivity contribution in [1.82, 2.24) is 0 Å². The van der Waals surface area contributed by atoms with E-state index in [0.29, 0.717) is 32.1 Å². The highest BCUT2D eigenvalue weighted by Gasteiger charge is 2.33. The summed E-state index contributed by atoms with van der Waals surface area (Å²) in [5, 5.41) is 8.79. The van der Waals surface area contributed by atoms with Crippen LogP contribution in [0.25, 0.3) is 0 Å². The summed E-state index contributed by atoms with van der Waals surface area (Å²) in [5.41, 5.74) is 5.48. The molecule has 1 fully saturated rings. The maximum absolute atomic E-state index is 11.1. The average Bonchev–Trinajstić information content (AvgIpc) is 2.35. The smallest absolute Gasteiger partial charge is 0.320 e. The lowest BCUT2D eigenvalue weighted by Crippen LogP contribution is -2.35. The van der Waals surface area contributed by atoms with Crippen LogP contribution in [0.5, 0.6) is 0 Å². The first-order valence-corrected chi connectivity index (χ1v) is 10.5. The maximum Gasteiger partial charge on any atom is 0.320 e. The summed E-state index contributed by atoms with van der Waals surface area (Å²) in [6.07, 6.45) is 2.49. The van der Waals surface area contributed by atoms with Gasteiger partial charge in [0.2, 0.25) is 0 Å². The van der Waals surface area contributed by atoms with Gasteiger partial charge in [0.15, 0.2) is 0 Å². The molecule has 0 bridgehead atoms. The van der Waals surface area contributed by atoms with E-state index in [1.165, 1.54) is 0 Å². The number of hydrogen-bond donors (Lipinski definition) is 4. The molecule has 0 radical (unpaired) electrons. The fourth-order valence-electron chi connectivity index (χ4n) is 3.22. The summed E-state index contributed by atoms with van der Waals surface area (Å²) in [6, 6.07) is -0.956. The van der Waals surface area contributed by atoms with Crippen LogP contribution in [0.2, 0.25) is 0 Å². The molecule has 0 saturated heterocycles. The zero-order valence-electron chi connectivity index (χ0n) is 12.5. The predicted octanol–water partition coefficient (Wildman–Crippen LogP) is -0.0134. The van der Waals surface area contributed by atoms with E-state index in [1.54, 1.807) is 0 Å². The first-order chi connectivity index (χ1) is 10.4. The Kier molecular flexibility index (Phi) is 6.95. The van der Waals surface area contributed by atoms with E-state index in [0.717, 1.165) is 0 Å². The van der Waals surface area contributed by atoms with Gasteiger partial charge in [-0.05, 0) is 37.0 Å². The van der Waals surface area contributed by atoms with Crippen molar-refractivity contribution in [1.29, 1.82) is 0 Å². The highest BCUT2D eigenvalue weighted by Crippen LogP contribution is 2.36.